The van der Waals surface area contributed by atoms with Crippen molar-refractivity contribution >= 4 is 17.4 Å². The van der Waals surface area contributed by atoms with Crippen LogP contribution in [-0.4, -0.2) is 20.0 Å². The summed E-state index contributed by atoms with van der Waals surface area (Å²) in [4.78, 5) is 42.9. The summed E-state index contributed by atoms with van der Waals surface area (Å²) in [5.41, 5.74) is 3.60. The number of halogens is 2. The maximum atomic E-state index is 14.8. The molecule has 0 aliphatic heterocycles. The fourth-order valence-corrected chi connectivity index (χ4v) is 3.55. The van der Waals surface area contributed by atoms with E-state index in [4.69, 9.17) is 10.5 Å². The molecule has 12 heteroatoms. The average Bonchev–Trinajstić information content (AvgIpc) is 2.86. The van der Waals surface area contributed by atoms with E-state index < -0.39 is 40.4 Å². The number of carbonyl (C=O) groups excluding carboxylic acids is 1. The van der Waals surface area contributed by atoms with Crippen LogP contribution < -0.4 is 27.0 Å². The van der Waals surface area contributed by atoms with Gasteiger partial charge in [-0.1, -0.05) is 0 Å². The molecular weight excluding hydrogens is 498 g/mol. The van der Waals surface area contributed by atoms with Crippen molar-refractivity contribution in [3.63, 3.8) is 0 Å². The van der Waals surface area contributed by atoms with Crippen molar-refractivity contribution in [1.29, 1.82) is 5.26 Å². The van der Waals surface area contributed by atoms with Gasteiger partial charge in [0, 0.05) is 36.3 Å². The van der Waals surface area contributed by atoms with E-state index in [2.05, 4.69) is 10.3 Å². The molecular formula is C26H20F2N6O4. The molecule has 4 rings (SSSR count). The molecule has 2 heterocycles. The Kier molecular flexibility index (Phi) is 7.02. The van der Waals surface area contributed by atoms with Gasteiger partial charge in [0.2, 0.25) is 0 Å². The second kappa shape index (κ2) is 10.4. The fraction of sp³-hybridized carbons (Fsp3) is 0.115. The number of nitriles is 1. The Balaban J connectivity index is 1.67. The minimum Gasteiger partial charge on any atom is -0.453 e. The van der Waals surface area contributed by atoms with Crippen LogP contribution in [0.4, 0.5) is 20.3 Å². The van der Waals surface area contributed by atoms with E-state index in [1.165, 1.54) is 41.1 Å². The molecule has 0 spiro atoms. The Morgan fingerprint density at radius 1 is 1.11 bits per heavy atom. The van der Waals surface area contributed by atoms with Crippen LogP contribution in [0.25, 0.3) is 5.69 Å². The highest BCUT2D eigenvalue weighted by Gasteiger charge is 2.21. The number of hydrogen-bond acceptors (Lipinski definition) is 7. The molecule has 0 radical (unpaired) electrons. The first-order valence-electron chi connectivity index (χ1n) is 11.2. The number of nitrogen functional groups attached to an aromatic ring is 1. The Morgan fingerprint density at radius 3 is 2.45 bits per heavy atom. The van der Waals surface area contributed by atoms with Crippen LogP contribution in [-0.2, 0) is 0 Å². The van der Waals surface area contributed by atoms with Gasteiger partial charge in [-0.2, -0.15) is 5.26 Å². The van der Waals surface area contributed by atoms with Gasteiger partial charge in [-0.25, -0.2) is 23.1 Å². The van der Waals surface area contributed by atoms with E-state index >= 15 is 0 Å². The number of anilines is 2. The van der Waals surface area contributed by atoms with Crippen molar-refractivity contribution in [3.8, 4) is 23.3 Å². The topological polar surface area (TPSA) is 145 Å². The predicted octanol–water partition coefficient (Wildman–Crippen LogP) is 3.75. The number of aromatic nitrogens is 3. The number of ether oxygens (including phenoxy) is 1. The number of amides is 1. The van der Waals surface area contributed by atoms with Crippen molar-refractivity contribution in [2.45, 2.75) is 19.9 Å². The van der Waals surface area contributed by atoms with Crippen LogP contribution in [0.15, 0.2) is 70.5 Å². The van der Waals surface area contributed by atoms with Gasteiger partial charge in [0.25, 0.3) is 11.5 Å². The van der Waals surface area contributed by atoms with E-state index in [1.54, 1.807) is 13.8 Å². The normalized spacial score (nSPS) is 10.7. The molecule has 10 nitrogen and oxygen atoms in total. The summed E-state index contributed by atoms with van der Waals surface area (Å²) in [6, 6.07) is 10.9. The molecule has 2 aromatic heterocycles. The number of nitrogens with two attached hydrogens (primary N) is 1. The number of rotatable bonds is 6. The third kappa shape index (κ3) is 4.98. The van der Waals surface area contributed by atoms with Crippen molar-refractivity contribution in [3.05, 3.63) is 105 Å². The molecule has 192 valence electrons. The molecule has 0 fully saturated rings. The van der Waals surface area contributed by atoms with Gasteiger partial charge in [0.1, 0.15) is 28.8 Å². The number of nitrogens with one attached hydrogen (secondary N) is 1. The van der Waals surface area contributed by atoms with Gasteiger partial charge < -0.3 is 15.8 Å². The molecule has 2 aromatic carbocycles. The molecule has 0 saturated heterocycles. The summed E-state index contributed by atoms with van der Waals surface area (Å²) in [7, 11) is 0. The van der Waals surface area contributed by atoms with Crippen molar-refractivity contribution < 1.29 is 18.3 Å². The zero-order valence-corrected chi connectivity index (χ0v) is 20.1. The summed E-state index contributed by atoms with van der Waals surface area (Å²) >= 11 is 0. The molecule has 4 aromatic rings. The largest absolute Gasteiger partial charge is 0.453 e. The quantitative estimate of drug-likeness (QED) is 0.395. The van der Waals surface area contributed by atoms with Crippen LogP contribution in [0, 0.1) is 23.0 Å². The summed E-state index contributed by atoms with van der Waals surface area (Å²) in [6.45, 7) is 3.37. The Bertz CT molecular complexity index is 1710. The maximum absolute atomic E-state index is 14.8. The van der Waals surface area contributed by atoms with Crippen LogP contribution >= 0.6 is 0 Å². The lowest BCUT2D eigenvalue weighted by Crippen LogP contribution is -2.42. The first-order chi connectivity index (χ1) is 18.1. The number of nitrogens with zero attached hydrogens (tertiary/aromatic N) is 4. The third-order valence-corrected chi connectivity index (χ3v) is 5.46. The van der Waals surface area contributed by atoms with Gasteiger partial charge in [-0.05, 0) is 50.2 Å². The SMILES string of the molecule is CC(C)n1cc(C(=O)Nc2ccc(Oc3ccnc(N)c3C#N)c(F)c2)c(=O)n(-c2ccc(F)cc2)c1=O. The molecule has 1 amide bonds. The lowest BCUT2D eigenvalue weighted by Gasteiger charge is -2.16. The van der Waals surface area contributed by atoms with Crippen molar-refractivity contribution in [2.75, 3.05) is 11.1 Å². The van der Waals surface area contributed by atoms with Gasteiger partial charge >= 0.3 is 5.69 Å². The Morgan fingerprint density at radius 2 is 1.82 bits per heavy atom. The second-order valence-corrected chi connectivity index (χ2v) is 8.33. The second-order valence-electron chi connectivity index (χ2n) is 8.33. The van der Waals surface area contributed by atoms with Crippen LogP contribution in [0.2, 0.25) is 0 Å². The lowest BCUT2D eigenvalue weighted by atomic mass is 10.2. The van der Waals surface area contributed by atoms with E-state index in [0.717, 1.165) is 29.0 Å². The molecule has 0 bridgehead atoms. The van der Waals surface area contributed by atoms with Crippen LogP contribution in [0.3, 0.4) is 0 Å². The summed E-state index contributed by atoms with van der Waals surface area (Å²) in [5.74, 6) is -2.68. The first-order valence-corrected chi connectivity index (χ1v) is 11.2. The van der Waals surface area contributed by atoms with Crippen molar-refractivity contribution in [1.82, 2.24) is 14.1 Å². The smallest absolute Gasteiger partial charge is 0.335 e. The standard InChI is InChI=1S/C26H20F2N6O4/c1-14(2)33-13-19(25(36)34(26(33)37)17-6-3-15(27)4-7-17)24(35)32-16-5-8-22(20(28)11-16)38-21-9-10-31-23(30)18(21)12-29/h3-11,13-14H,1-2H3,(H2,30,31)(H,32,35). The zero-order valence-electron chi connectivity index (χ0n) is 20.1. The van der Waals surface area contributed by atoms with E-state index in [0.29, 0.717) is 0 Å². The minimum absolute atomic E-state index is 0.00651. The highest BCUT2D eigenvalue weighted by atomic mass is 19.1. The molecule has 0 unspecified atom stereocenters. The van der Waals surface area contributed by atoms with Crippen LogP contribution in [0.1, 0.15) is 35.8 Å². The molecule has 0 atom stereocenters. The van der Waals surface area contributed by atoms with Gasteiger partial charge in [0.15, 0.2) is 17.3 Å². The molecule has 0 aliphatic rings. The highest BCUT2D eigenvalue weighted by molar-refractivity contribution is 6.03. The average molecular weight is 518 g/mol. The minimum atomic E-state index is -0.934. The number of benzene rings is 2. The third-order valence-electron chi connectivity index (χ3n) is 5.46. The maximum Gasteiger partial charge on any atom is 0.335 e. The summed E-state index contributed by atoms with van der Waals surface area (Å²) in [5, 5.41) is 11.7. The first kappa shape index (κ1) is 25.8. The molecule has 38 heavy (non-hydrogen) atoms. The molecule has 0 saturated carbocycles. The fourth-order valence-electron chi connectivity index (χ4n) is 3.55. The lowest BCUT2D eigenvalue weighted by molar-refractivity contribution is 0.102. The Hall–Kier alpha value is -5.31. The number of pyridine rings is 1. The number of carbonyl (C=O) groups is 1. The Labute approximate surface area is 214 Å². The number of hydrogen-bond donors (Lipinski definition) is 2. The monoisotopic (exact) mass is 518 g/mol. The summed E-state index contributed by atoms with van der Waals surface area (Å²) < 4.78 is 35.6. The van der Waals surface area contributed by atoms with Gasteiger partial charge in [-0.15, -0.1) is 0 Å². The predicted molar refractivity (Wildman–Crippen MR) is 134 cm³/mol. The van der Waals surface area contributed by atoms with E-state index in [-0.39, 0.29) is 34.3 Å². The van der Waals surface area contributed by atoms with Gasteiger partial charge in [0.05, 0.1) is 5.69 Å². The molecule has 3 N–H and O–H groups in total. The van der Waals surface area contributed by atoms with Crippen molar-refractivity contribution in [2.24, 2.45) is 0 Å². The summed E-state index contributed by atoms with van der Waals surface area (Å²) in [6.07, 6.45) is 2.42. The zero-order chi connectivity index (χ0) is 27.6. The molecule has 0 aliphatic carbocycles. The van der Waals surface area contributed by atoms with Crippen LogP contribution in [0.5, 0.6) is 11.5 Å². The van der Waals surface area contributed by atoms with E-state index in [1.807, 2.05) is 6.07 Å². The van der Waals surface area contributed by atoms with E-state index in [9.17, 15) is 28.4 Å². The highest BCUT2D eigenvalue weighted by Crippen LogP contribution is 2.30. The van der Waals surface area contributed by atoms with Gasteiger partial charge in [-0.3, -0.25) is 14.2 Å².